The maximum absolute atomic E-state index is 12.7. The highest BCUT2D eigenvalue weighted by Crippen LogP contribution is 2.21. The quantitative estimate of drug-likeness (QED) is 0.871. The van der Waals surface area contributed by atoms with E-state index < -0.39 is 9.84 Å². The van der Waals surface area contributed by atoms with Crippen LogP contribution in [0.1, 0.15) is 35.4 Å². The Balaban J connectivity index is 1.71. The average molecular weight is 373 g/mol. The molecule has 2 aromatic rings. The summed E-state index contributed by atoms with van der Waals surface area (Å²) in [4.78, 5) is 18.4. The van der Waals surface area contributed by atoms with E-state index in [1.165, 1.54) is 4.90 Å². The predicted octanol–water partition coefficient (Wildman–Crippen LogP) is 2.51. The molecule has 2 unspecified atom stereocenters. The van der Waals surface area contributed by atoms with Crippen molar-refractivity contribution >= 4 is 21.4 Å². The highest BCUT2D eigenvalue weighted by molar-refractivity contribution is 7.91. The Labute approximate surface area is 154 Å². The molecule has 6 nitrogen and oxygen atoms in total. The summed E-state index contributed by atoms with van der Waals surface area (Å²) < 4.78 is 23.3. The molecule has 1 aromatic heterocycles. The third-order valence-corrected chi connectivity index (χ3v) is 6.49. The Morgan fingerprint density at radius 2 is 2.00 bits per heavy atom. The van der Waals surface area contributed by atoms with Gasteiger partial charge in [0.25, 0.3) is 5.91 Å². The van der Waals surface area contributed by atoms with Crippen molar-refractivity contribution in [3.05, 3.63) is 59.9 Å². The third-order valence-electron chi connectivity index (χ3n) is 4.74. The summed E-state index contributed by atoms with van der Waals surface area (Å²) in [6.45, 7) is 2.05. The van der Waals surface area contributed by atoms with Gasteiger partial charge in [0.2, 0.25) is 0 Å². The van der Waals surface area contributed by atoms with Gasteiger partial charge in [0.05, 0.1) is 11.5 Å². The second-order valence-corrected chi connectivity index (χ2v) is 8.91. The van der Waals surface area contributed by atoms with Crippen LogP contribution in [0, 0.1) is 0 Å². The minimum Gasteiger partial charge on any atom is -0.378 e. The van der Waals surface area contributed by atoms with E-state index in [0.717, 1.165) is 11.3 Å². The molecule has 2 atom stereocenters. The second kappa shape index (κ2) is 7.45. The summed E-state index contributed by atoms with van der Waals surface area (Å²) in [6, 6.07) is 13.3. The van der Waals surface area contributed by atoms with Gasteiger partial charge < -0.3 is 10.2 Å². The van der Waals surface area contributed by atoms with Gasteiger partial charge in [-0.15, -0.1) is 0 Å². The second-order valence-electron chi connectivity index (χ2n) is 6.68. The van der Waals surface area contributed by atoms with Crippen LogP contribution in [0.25, 0.3) is 0 Å². The van der Waals surface area contributed by atoms with Crippen molar-refractivity contribution in [3.63, 3.8) is 0 Å². The van der Waals surface area contributed by atoms with Gasteiger partial charge in [-0.1, -0.05) is 30.3 Å². The van der Waals surface area contributed by atoms with Gasteiger partial charge in [0.15, 0.2) is 9.84 Å². The minimum atomic E-state index is -3.04. The van der Waals surface area contributed by atoms with Crippen molar-refractivity contribution in [1.29, 1.82) is 0 Å². The number of nitrogens with one attached hydrogen (secondary N) is 1. The molecule has 1 fully saturated rings. The maximum atomic E-state index is 12.7. The van der Waals surface area contributed by atoms with E-state index in [1.54, 1.807) is 19.3 Å². The monoisotopic (exact) mass is 373 g/mol. The van der Waals surface area contributed by atoms with E-state index in [0.29, 0.717) is 12.1 Å². The van der Waals surface area contributed by atoms with Crippen molar-refractivity contribution in [2.24, 2.45) is 0 Å². The zero-order chi connectivity index (χ0) is 18.7. The lowest BCUT2D eigenvalue weighted by Gasteiger charge is -2.23. The molecule has 2 heterocycles. The molecule has 1 saturated heterocycles. The molecule has 0 radical (unpaired) electrons. The Hall–Kier alpha value is -2.41. The van der Waals surface area contributed by atoms with Crippen molar-refractivity contribution in [2.45, 2.75) is 25.4 Å². The Morgan fingerprint density at radius 3 is 2.65 bits per heavy atom. The van der Waals surface area contributed by atoms with Crippen LogP contribution < -0.4 is 5.32 Å². The fourth-order valence-corrected chi connectivity index (χ4v) is 4.91. The van der Waals surface area contributed by atoms with Crippen molar-refractivity contribution in [1.82, 2.24) is 9.88 Å². The molecule has 7 heteroatoms. The number of sulfone groups is 1. The summed E-state index contributed by atoms with van der Waals surface area (Å²) in [6.07, 6.45) is 2.07. The molecule has 26 heavy (non-hydrogen) atoms. The predicted molar refractivity (Wildman–Crippen MR) is 102 cm³/mol. The van der Waals surface area contributed by atoms with Crippen molar-refractivity contribution in [2.75, 3.05) is 23.9 Å². The molecule has 138 valence electrons. The summed E-state index contributed by atoms with van der Waals surface area (Å²) in [5, 5.41) is 3.37. The molecule has 0 saturated carbocycles. The molecule has 0 aliphatic carbocycles. The minimum absolute atomic E-state index is 0.0260. The zero-order valence-corrected chi connectivity index (χ0v) is 15.7. The van der Waals surface area contributed by atoms with E-state index in [1.807, 2.05) is 43.3 Å². The van der Waals surface area contributed by atoms with Gasteiger partial charge in [-0.2, -0.15) is 0 Å². The number of amides is 1. The highest BCUT2D eigenvalue weighted by Gasteiger charge is 2.33. The van der Waals surface area contributed by atoms with Gasteiger partial charge in [-0.3, -0.25) is 9.78 Å². The van der Waals surface area contributed by atoms with Crippen molar-refractivity contribution in [3.8, 4) is 0 Å². The normalized spacial score (nSPS) is 19.7. The number of benzene rings is 1. The number of rotatable bonds is 5. The standard InChI is InChI=1S/C19H23N3O3S/c1-14(15-6-4-3-5-7-15)21-16-8-10-20-18(12-16)19(23)22(2)17-9-11-26(24,25)13-17/h3-8,10,12,14,17H,9,11,13H2,1-2H3,(H,20,21). The summed E-state index contributed by atoms with van der Waals surface area (Å²) >= 11 is 0. The van der Waals surface area contributed by atoms with Crippen LogP contribution in [0.4, 0.5) is 5.69 Å². The first-order chi connectivity index (χ1) is 12.4. The fraction of sp³-hybridized carbons (Fsp3) is 0.368. The smallest absolute Gasteiger partial charge is 0.272 e. The molecule has 1 aliphatic rings. The van der Waals surface area contributed by atoms with Crippen LogP contribution in [0.15, 0.2) is 48.7 Å². The van der Waals surface area contributed by atoms with Crippen LogP contribution in [0.3, 0.4) is 0 Å². The number of pyridine rings is 1. The number of anilines is 1. The van der Waals surface area contributed by atoms with E-state index in [4.69, 9.17) is 0 Å². The lowest BCUT2D eigenvalue weighted by molar-refractivity contribution is 0.0742. The number of carbonyl (C=O) groups is 1. The van der Waals surface area contributed by atoms with Crippen LogP contribution in [-0.4, -0.2) is 48.8 Å². The van der Waals surface area contributed by atoms with E-state index in [9.17, 15) is 13.2 Å². The van der Waals surface area contributed by atoms with Gasteiger partial charge in [-0.25, -0.2) is 8.42 Å². The lowest BCUT2D eigenvalue weighted by Crippen LogP contribution is -2.38. The fourth-order valence-electron chi connectivity index (χ4n) is 3.14. The Morgan fingerprint density at radius 1 is 1.27 bits per heavy atom. The maximum Gasteiger partial charge on any atom is 0.272 e. The highest BCUT2D eigenvalue weighted by atomic mass is 32.2. The lowest BCUT2D eigenvalue weighted by atomic mass is 10.1. The molecule has 1 amide bonds. The number of carbonyl (C=O) groups excluding carboxylic acids is 1. The van der Waals surface area contributed by atoms with E-state index in [2.05, 4.69) is 10.3 Å². The topological polar surface area (TPSA) is 79.4 Å². The number of aromatic nitrogens is 1. The molecular formula is C19H23N3O3S. The number of hydrogen-bond donors (Lipinski definition) is 1. The third kappa shape index (κ3) is 4.22. The van der Waals surface area contributed by atoms with Crippen LogP contribution in [0.5, 0.6) is 0 Å². The Bertz CT molecular complexity index is 884. The van der Waals surface area contributed by atoms with Crippen molar-refractivity contribution < 1.29 is 13.2 Å². The molecule has 3 rings (SSSR count). The molecular weight excluding hydrogens is 350 g/mol. The number of hydrogen-bond acceptors (Lipinski definition) is 5. The molecule has 0 spiro atoms. The SMILES string of the molecule is CC(Nc1ccnc(C(=O)N(C)C2CCS(=O)(=O)C2)c1)c1ccccc1. The summed E-state index contributed by atoms with van der Waals surface area (Å²) in [5.41, 5.74) is 2.25. The van der Waals surface area contributed by atoms with E-state index >= 15 is 0 Å². The largest absolute Gasteiger partial charge is 0.378 e. The van der Waals surface area contributed by atoms with Crippen LogP contribution >= 0.6 is 0 Å². The Kier molecular flexibility index (Phi) is 5.27. The number of nitrogens with zero attached hydrogens (tertiary/aromatic N) is 2. The first kappa shape index (κ1) is 18.4. The first-order valence-electron chi connectivity index (χ1n) is 8.61. The first-order valence-corrected chi connectivity index (χ1v) is 10.4. The molecule has 0 bridgehead atoms. The zero-order valence-electron chi connectivity index (χ0n) is 14.9. The van der Waals surface area contributed by atoms with Gasteiger partial charge >= 0.3 is 0 Å². The summed E-state index contributed by atoms with van der Waals surface area (Å²) in [7, 11) is -1.40. The van der Waals surface area contributed by atoms with Crippen LogP contribution in [-0.2, 0) is 9.84 Å². The molecule has 1 N–H and O–H groups in total. The summed E-state index contributed by atoms with van der Waals surface area (Å²) in [5.74, 6) is -0.0972. The van der Waals surface area contributed by atoms with E-state index in [-0.39, 0.29) is 29.5 Å². The van der Waals surface area contributed by atoms with Gasteiger partial charge in [-0.05, 0) is 31.0 Å². The average Bonchev–Trinajstić information content (AvgIpc) is 3.01. The molecule has 1 aliphatic heterocycles. The van der Waals surface area contributed by atoms with Gasteiger partial charge in [0.1, 0.15) is 5.69 Å². The van der Waals surface area contributed by atoms with Crippen LogP contribution in [0.2, 0.25) is 0 Å². The molecule has 1 aromatic carbocycles. The van der Waals surface area contributed by atoms with Gasteiger partial charge in [0, 0.05) is 31.0 Å².